The molecule has 0 spiro atoms. The third kappa shape index (κ3) is 4.63. The number of carbonyl (C=O) groups is 2. The van der Waals surface area contributed by atoms with E-state index in [2.05, 4.69) is 10.6 Å². The number of hydrogen-bond donors (Lipinski definition) is 2. The summed E-state index contributed by atoms with van der Waals surface area (Å²) < 4.78 is 0. The summed E-state index contributed by atoms with van der Waals surface area (Å²) in [5.74, 6) is -0.490. The minimum absolute atomic E-state index is 0.490. The van der Waals surface area contributed by atoms with Gasteiger partial charge in [-0.1, -0.05) is 6.07 Å². The molecule has 2 N–H and O–H groups in total. The first-order valence-corrected chi connectivity index (χ1v) is 6.16. The highest BCUT2D eigenvalue weighted by atomic mass is 35.5. The Morgan fingerprint density at radius 1 is 1.56 bits per heavy atom. The van der Waals surface area contributed by atoms with Crippen LogP contribution in [0, 0.1) is 0 Å². The van der Waals surface area contributed by atoms with Gasteiger partial charge in [0.1, 0.15) is 5.38 Å². The molecular weight excluding hydrogens is 248 g/mol. The Bertz CT molecular complexity index is 352. The van der Waals surface area contributed by atoms with Gasteiger partial charge in [-0.05, 0) is 24.8 Å². The summed E-state index contributed by atoms with van der Waals surface area (Å²) in [5, 5.41) is 6.00. The third-order valence-corrected chi connectivity index (χ3v) is 2.97. The van der Waals surface area contributed by atoms with Crippen LogP contribution in [0.4, 0.5) is 4.79 Å². The van der Waals surface area contributed by atoms with Crippen molar-refractivity contribution in [2.24, 2.45) is 0 Å². The molecule has 1 unspecified atom stereocenters. The number of thiophene rings is 1. The molecule has 1 atom stereocenters. The van der Waals surface area contributed by atoms with Gasteiger partial charge in [-0.3, -0.25) is 10.1 Å². The summed E-state index contributed by atoms with van der Waals surface area (Å²) >= 11 is 7.13. The van der Waals surface area contributed by atoms with E-state index in [1.807, 2.05) is 17.5 Å². The van der Waals surface area contributed by atoms with Crippen molar-refractivity contribution in [1.29, 1.82) is 0 Å². The van der Waals surface area contributed by atoms with Gasteiger partial charge in [0.2, 0.25) is 5.91 Å². The van der Waals surface area contributed by atoms with E-state index >= 15 is 0 Å². The monoisotopic (exact) mass is 260 g/mol. The van der Waals surface area contributed by atoms with Crippen molar-refractivity contribution in [2.45, 2.75) is 18.7 Å². The maximum atomic E-state index is 11.2. The van der Waals surface area contributed by atoms with Crippen LogP contribution >= 0.6 is 22.9 Å². The first-order valence-electron chi connectivity index (χ1n) is 4.84. The van der Waals surface area contributed by atoms with Crippen LogP contribution in [0.1, 0.15) is 11.8 Å². The summed E-state index contributed by atoms with van der Waals surface area (Å²) in [4.78, 5) is 23.4. The Morgan fingerprint density at radius 3 is 2.88 bits per heavy atom. The molecule has 0 fully saturated rings. The first kappa shape index (κ1) is 13.0. The summed E-state index contributed by atoms with van der Waals surface area (Å²) in [6.45, 7) is 2.01. The Kier molecular flexibility index (Phi) is 5.28. The molecule has 3 amide bonds. The molecular formula is C10H13ClN2O2S. The number of alkyl halides is 1. The van der Waals surface area contributed by atoms with Crippen molar-refractivity contribution in [3.63, 3.8) is 0 Å². The summed E-state index contributed by atoms with van der Waals surface area (Å²) in [6, 6.07) is 3.45. The molecule has 1 heterocycles. The molecule has 1 rings (SSSR count). The van der Waals surface area contributed by atoms with E-state index in [0.717, 1.165) is 6.42 Å². The smallest absolute Gasteiger partial charge is 0.321 e. The van der Waals surface area contributed by atoms with E-state index in [-0.39, 0.29) is 0 Å². The SMILES string of the molecule is CC(Cl)C(=O)NC(=O)NCCc1cccs1. The highest BCUT2D eigenvalue weighted by Crippen LogP contribution is 2.07. The second-order valence-corrected chi connectivity index (χ2v) is 4.88. The zero-order valence-corrected chi connectivity index (χ0v) is 10.4. The van der Waals surface area contributed by atoms with E-state index in [1.54, 1.807) is 11.3 Å². The van der Waals surface area contributed by atoms with Crippen LogP contribution < -0.4 is 10.6 Å². The van der Waals surface area contributed by atoms with Crippen LogP contribution in [0.15, 0.2) is 17.5 Å². The van der Waals surface area contributed by atoms with Gasteiger partial charge in [0.15, 0.2) is 0 Å². The molecule has 0 radical (unpaired) electrons. The van der Waals surface area contributed by atoms with Crippen LogP contribution in [0.25, 0.3) is 0 Å². The standard InChI is InChI=1S/C10H13ClN2O2S/c1-7(11)9(14)13-10(15)12-5-4-8-3-2-6-16-8/h2-3,6-7H,4-5H2,1H3,(H2,12,13,14,15). The maximum absolute atomic E-state index is 11.2. The Hall–Kier alpha value is -1.07. The largest absolute Gasteiger partial charge is 0.337 e. The van der Waals surface area contributed by atoms with Crippen molar-refractivity contribution in [3.8, 4) is 0 Å². The van der Waals surface area contributed by atoms with Gasteiger partial charge in [-0.15, -0.1) is 22.9 Å². The lowest BCUT2D eigenvalue weighted by molar-refractivity contribution is -0.119. The van der Waals surface area contributed by atoms with Crippen LogP contribution in [-0.2, 0) is 11.2 Å². The van der Waals surface area contributed by atoms with Crippen LogP contribution in [0.3, 0.4) is 0 Å². The molecule has 88 valence electrons. The van der Waals surface area contributed by atoms with Crippen molar-refractivity contribution < 1.29 is 9.59 Å². The predicted octanol–water partition coefficient (Wildman–Crippen LogP) is 1.74. The predicted molar refractivity (Wildman–Crippen MR) is 64.9 cm³/mol. The number of hydrogen-bond acceptors (Lipinski definition) is 3. The molecule has 0 bridgehead atoms. The molecule has 6 heteroatoms. The highest BCUT2D eigenvalue weighted by molar-refractivity contribution is 7.09. The second kappa shape index (κ2) is 6.50. The van der Waals surface area contributed by atoms with Crippen LogP contribution in [0.5, 0.6) is 0 Å². The lowest BCUT2D eigenvalue weighted by Gasteiger charge is -2.06. The molecule has 0 saturated heterocycles. The lowest BCUT2D eigenvalue weighted by Crippen LogP contribution is -2.42. The Balaban J connectivity index is 2.18. The highest BCUT2D eigenvalue weighted by Gasteiger charge is 2.12. The summed E-state index contributed by atoms with van der Waals surface area (Å²) in [7, 11) is 0. The first-order chi connectivity index (χ1) is 7.59. The van der Waals surface area contributed by atoms with Crippen molar-refractivity contribution in [3.05, 3.63) is 22.4 Å². The molecule has 0 aromatic carbocycles. The van der Waals surface area contributed by atoms with Crippen molar-refractivity contribution in [2.75, 3.05) is 6.54 Å². The zero-order valence-electron chi connectivity index (χ0n) is 8.83. The van der Waals surface area contributed by atoms with E-state index in [4.69, 9.17) is 11.6 Å². The number of rotatable bonds is 4. The molecule has 0 aliphatic heterocycles. The Morgan fingerprint density at radius 2 is 2.31 bits per heavy atom. The lowest BCUT2D eigenvalue weighted by atomic mass is 10.3. The number of imide groups is 1. The van der Waals surface area contributed by atoms with Crippen molar-refractivity contribution >= 4 is 34.9 Å². The van der Waals surface area contributed by atoms with Crippen LogP contribution in [0.2, 0.25) is 0 Å². The fourth-order valence-electron chi connectivity index (χ4n) is 1.01. The number of carbonyl (C=O) groups excluding carboxylic acids is 2. The third-order valence-electron chi connectivity index (χ3n) is 1.84. The van der Waals surface area contributed by atoms with Gasteiger partial charge in [0, 0.05) is 11.4 Å². The molecule has 0 aliphatic rings. The van der Waals surface area contributed by atoms with Gasteiger partial charge in [0.25, 0.3) is 0 Å². The van der Waals surface area contributed by atoms with Crippen LogP contribution in [-0.4, -0.2) is 23.9 Å². The summed E-state index contributed by atoms with van der Waals surface area (Å²) in [5.41, 5.74) is 0. The van der Waals surface area contributed by atoms with Gasteiger partial charge in [-0.2, -0.15) is 0 Å². The average molecular weight is 261 g/mol. The normalized spacial score (nSPS) is 11.9. The minimum Gasteiger partial charge on any atom is -0.337 e. The van der Waals surface area contributed by atoms with Gasteiger partial charge >= 0.3 is 6.03 Å². The van der Waals surface area contributed by atoms with Crippen molar-refractivity contribution in [1.82, 2.24) is 10.6 Å². The topological polar surface area (TPSA) is 58.2 Å². The number of nitrogens with one attached hydrogen (secondary N) is 2. The maximum Gasteiger partial charge on any atom is 0.321 e. The van der Waals surface area contributed by atoms with E-state index in [9.17, 15) is 9.59 Å². The Labute approximate surface area is 103 Å². The molecule has 16 heavy (non-hydrogen) atoms. The van der Waals surface area contributed by atoms with Gasteiger partial charge in [-0.25, -0.2) is 4.79 Å². The second-order valence-electron chi connectivity index (χ2n) is 3.19. The number of halogens is 1. The fourth-order valence-corrected chi connectivity index (χ4v) is 1.77. The average Bonchev–Trinajstić information content (AvgIpc) is 2.70. The number of urea groups is 1. The van der Waals surface area contributed by atoms with E-state index < -0.39 is 17.3 Å². The molecule has 1 aromatic rings. The van der Waals surface area contributed by atoms with Gasteiger partial charge < -0.3 is 5.32 Å². The molecule has 1 aromatic heterocycles. The minimum atomic E-state index is -0.706. The van der Waals surface area contributed by atoms with Gasteiger partial charge in [0.05, 0.1) is 0 Å². The van der Waals surface area contributed by atoms with E-state index in [0.29, 0.717) is 6.54 Å². The fraction of sp³-hybridized carbons (Fsp3) is 0.400. The molecule has 0 saturated carbocycles. The summed E-state index contributed by atoms with van der Waals surface area (Å²) in [6.07, 6.45) is 0.760. The number of amides is 3. The quantitative estimate of drug-likeness (QED) is 0.811. The zero-order chi connectivity index (χ0) is 12.0. The van der Waals surface area contributed by atoms with E-state index in [1.165, 1.54) is 11.8 Å². The molecule has 4 nitrogen and oxygen atoms in total. The molecule has 0 aliphatic carbocycles.